The van der Waals surface area contributed by atoms with Crippen molar-refractivity contribution in [3.05, 3.63) is 116 Å². The monoisotopic (exact) mass is 499 g/mol. The number of methoxy groups -OCH3 is 1. The molecule has 2 N–H and O–H groups in total. The molecule has 2 heterocycles. The minimum absolute atomic E-state index is 0.0138. The van der Waals surface area contributed by atoms with E-state index in [1.54, 1.807) is 18.9 Å². The van der Waals surface area contributed by atoms with E-state index < -0.39 is 11.2 Å². The maximum atomic E-state index is 13.0. The molecule has 0 saturated carbocycles. The van der Waals surface area contributed by atoms with E-state index in [9.17, 15) is 14.7 Å². The van der Waals surface area contributed by atoms with Gasteiger partial charge in [-0.05, 0) is 30.2 Å². The lowest BCUT2D eigenvalue weighted by atomic mass is 10.0. The molecule has 1 aliphatic heterocycles. The zero-order valence-corrected chi connectivity index (χ0v) is 20.5. The number of aromatic hydroxyl groups is 1. The van der Waals surface area contributed by atoms with Gasteiger partial charge in [0.25, 0.3) is 5.56 Å². The largest absolute Gasteiger partial charge is 0.496 e. The van der Waals surface area contributed by atoms with Gasteiger partial charge in [-0.15, -0.1) is 11.8 Å². The molecule has 3 aromatic carbocycles. The molecule has 0 saturated heterocycles. The van der Waals surface area contributed by atoms with Crippen LogP contribution in [0.4, 0.5) is 5.69 Å². The van der Waals surface area contributed by atoms with Crippen LogP contribution in [0, 0.1) is 0 Å². The number of aromatic nitrogens is 2. The summed E-state index contributed by atoms with van der Waals surface area (Å²) in [4.78, 5) is 33.8. The highest BCUT2D eigenvalue weighted by Gasteiger charge is 2.28. The SMILES string of the molecule is COc1ccccc1[C@H]1CC(c2c(O)n(CCc3ccccc3)c(=O)[nH]c2=O)=Nc2ccccc2S1. The fraction of sp³-hybridized carbons (Fsp3) is 0.179. The molecule has 0 bridgehead atoms. The number of nitrogens with one attached hydrogen (secondary N) is 1. The van der Waals surface area contributed by atoms with Crippen molar-refractivity contribution in [3.63, 3.8) is 0 Å². The maximum absolute atomic E-state index is 13.0. The molecule has 1 aliphatic rings. The van der Waals surface area contributed by atoms with Crippen LogP contribution in [-0.2, 0) is 13.0 Å². The van der Waals surface area contributed by atoms with Gasteiger partial charge in [-0.2, -0.15) is 0 Å². The summed E-state index contributed by atoms with van der Waals surface area (Å²) in [5, 5.41) is 11.1. The Morgan fingerprint density at radius 3 is 2.56 bits per heavy atom. The van der Waals surface area contributed by atoms with Gasteiger partial charge >= 0.3 is 5.69 Å². The Hall–Kier alpha value is -4.04. The molecule has 1 atom stereocenters. The first-order valence-electron chi connectivity index (χ1n) is 11.6. The van der Waals surface area contributed by atoms with Crippen molar-refractivity contribution in [3.8, 4) is 11.6 Å². The number of thioether (sulfide) groups is 1. The fourth-order valence-electron chi connectivity index (χ4n) is 4.39. The van der Waals surface area contributed by atoms with Crippen LogP contribution in [0.2, 0.25) is 0 Å². The highest BCUT2D eigenvalue weighted by molar-refractivity contribution is 7.99. The molecular weight excluding hydrogens is 474 g/mol. The number of para-hydroxylation sites is 2. The Kier molecular flexibility index (Phi) is 6.77. The second-order valence-electron chi connectivity index (χ2n) is 8.42. The molecule has 36 heavy (non-hydrogen) atoms. The molecule has 0 spiro atoms. The molecule has 4 aromatic rings. The van der Waals surface area contributed by atoms with Crippen LogP contribution in [0.1, 0.15) is 28.4 Å². The van der Waals surface area contributed by atoms with E-state index in [1.807, 2.05) is 78.9 Å². The van der Waals surface area contributed by atoms with E-state index in [0.717, 1.165) is 21.8 Å². The smallest absolute Gasteiger partial charge is 0.331 e. The first-order chi connectivity index (χ1) is 17.5. The van der Waals surface area contributed by atoms with Gasteiger partial charge in [0.15, 0.2) is 0 Å². The zero-order valence-electron chi connectivity index (χ0n) is 19.7. The molecule has 182 valence electrons. The first-order valence-corrected chi connectivity index (χ1v) is 12.5. The van der Waals surface area contributed by atoms with Crippen molar-refractivity contribution in [1.29, 1.82) is 0 Å². The lowest BCUT2D eigenvalue weighted by Crippen LogP contribution is -2.34. The highest BCUT2D eigenvalue weighted by Crippen LogP contribution is 2.47. The molecule has 8 heteroatoms. The van der Waals surface area contributed by atoms with Crippen molar-refractivity contribution >= 4 is 23.2 Å². The minimum Gasteiger partial charge on any atom is -0.496 e. The molecule has 0 aliphatic carbocycles. The van der Waals surface area contributed by atoms with Crippen molar-refractivity contribution < 1.29 is 9.84 Å². The van der Waals surface area contributed by atoms with Gasteiger partial charge in [-0.3, -0.25) is 19.3 Å². The lowest BCUT2D eigenvalue weighted by Gasteiger charge is -2.19. The van der Waals surface area contributed by atoms with E-state index in [2.05, 4.69) is 4.98 Å². The molecule has 1 aromatic heterocycles. The topological polar surface area (TPSA) is 96.7 Å². The number of rotatable bonds is 6. The number of nitrogens with zero attached hydrogens (tertiary/aromatic N) is 2. The van der Waals surface area contributed by atoms with Gasteiger partial charge < -0.3 is 9.84 Å². The number of aryl methyl sites for hydroxylation is 1. The summed E-state index contributed by atoms with van der Waals surface area (Å²) in [5.41, 5.74) is 1.80. The summed E-state index contributed by atoms with van der Waals surface area (Å²) >= 11 is 1.63. The molecule has 7 nitrogen and oxygen atoms in total. The van der Waals surface area contributed by atoms with Crippen LogP contribution < -0.4 is 16.0 Å². The van der Waals surface area contributed by atoms with E-state index in [0.29, 0.717) is 24.2 Å². The fourth-order valence-corrected chi connectivity index (χ4v) is 5.65. The zero-order chi connectivity index (χ0) is 25.1. The van der Waals surface area contributed by atoms with E-state index in [-0.39, 0.29) is 23.2 Å². The third-order valence-corrected chi connectivity index (χ3v) is 7.49. The second kappa shape index (κ2) is 10.3. The Balaban J connectivity index is 1.60. The summed E-state index contributed by atoms with van der Waals surface area (Å²) in [6.07, 6.45) is 0.877. The number of hydrogen-bond donors (Lipinski definition) is 2. The predicted molar refractivity (Wildman–Crippen MR) is 142 cm³/mol. The number of aliphatic imine (C=N–C) groups is 1. The average Bonchev–Trinajstić information content (AvgIpc) is 3.08. The van der Waals surface area contributed by atoms with Gasteiger partial charge in [0.1, 0.15) is 11.3 Å². The van der Waals surface area contributed by atoms with Crippen LogP contribution in [0.25, 0.3) is 0 Å². The number of ether oxygens (including phenoxy) is 1. The Labute approximate surface area is 212 Å². The van der Waals surface area contributed by atoms with E-state index in [1.165, 1.54) is 4.57 Å². The van der Waals surface area contributed by atoms with Crippen LogP contribution in [0.5, 0.6) is 11.6 Å². The number of fused-ring (bicyclic) bond motifs is 1. The van der Waals surface area contributed by atoms with Crippen LogP contribution in [-0.4, -0.2) is 27.5 Å². The summed E-state index contributed by atoms with van der Waals surface area (Å²) in [5.74, 6) is 0.362. The molecule has 0 amide bonds. The first kappa shape index (κ1) is 23.7. The van der Waals surface area contributed by atoms with Crippen LogP contribution in [0.15, 0.2) is 98.3 Å². The number of benzene rings is 3. The van der Waals surface area contributed by atoms with Gasteiger partial charge in [-0.25, -0.2) is 4.79 Å². The summed E-state index contributed by atoms with van der Waals surface area (Å²) < 4.78 is 6.81. The Bertz CT molecular complexity index is 1540. The van der Waals surface area contributed by atoms with Crippen molar-refractivity contribution in [2.45, 2.75) is 29.5 Å². The second-order valence-corrected chi connectivity index (χ2v) is 9.67. The summed E-state index contributed by atoms with van der Waals surface area (Å²) in [7, 11) is 1.63. The predicted octanol–water partition coefficient (Wildman–Crippen LogP) is 4.85. The van der Waals surface area contributed by atoms with Crippen molar-refractivity contribution in [2.24, 2.45) is 4.99 Å². The van der Waals surface area contributed by atoms with E-state index >= 15 is 0 Å². The van der Waals surface area contributed by atoms with Crippen molar-refractivity contribution in [1.82, 2.24) is 9.55 Å². The van der Waals surface area contributed by atoms with Crippen LogP contribution >= 0.6 is 11.8 Å². The molecular formula is C28H25N3O4S. The number of aromatic amines is 1. The minimum atomic E-state index is -0.657. The third kappa shape index (κ3) is 4.72. The van der Waals surface area contributed by atoms with E-state index in [4.69, 9.17) is 9.73 Å². The standard InChI is InChI=1S/C28H25N3O4S/c1-35-22-13-7-5-11-19(22)24-17-21(29-20-12-6-8-14-23(20)36-24)25-26(32)30-28(34)31(27(25)33)16-15-18-9-3-2-4-10-18/h2-14,24,33H,15-17H2,1H3,(H,30,32,34)/t24-/m1/s1. The number of hydrogen-bond acceptors (Lipinski definition) is 6. The van der Waals surface area contributed by atoms with Crippen LogP contribution in [0.3, 0.4) is 0 Å². The Morgan fingerprint density at radius 1 is 1.03 bits per heavy atom. The normalized spacial score (nSPS) is 15.0. The summed E-state index contributed by atoms with van der Waals surface area (Å²) in [6, 6.07) is 25.1. The number of H-pyrrole nitrogens is 1. The molecule has 5 rings (SSSR count). The molecule has 0 unspecified atom stereocenters. The lowest BCUT2D eigenvalue weighted by molar-refractivity contribution is 0.399. The highest BCUT2D eigenvalue weighted by atomic mass is 32.2. The van der Waals surface area contributed by atoms with Gasteiger partial charge in [0.05, 0.1) is 18.5 Å². The molecule has 0 radical (unpaired) electrons. The Morgan fingerprint density at radius 2 is 1.75 bits per heavy atom. The van der Waals surface area contributed by atoms with Gasteiger partial charge in [0, 0.05) is 28.7 Å². The summed E-state index contributed by atoms with van der Waals surface area (Å²) in [6.45, 7) is 0.215. The van der Waals surface area contributed by atoms with Gasteiger partial charge in [-0.1, -0.05) is 60.7 Å². The maximum Gasteiger partial charge on any atom is 0.331 e. The molecule has 0 fully saturated rings. The third-order valence-electron chi connectivity index (χ3n) is 6.18. The van der Waals surface area contributed by atoms with Crippen molar-refractivity contribution in [2.75, 3.05) is 7.11 Å². The quantitative estimate of drug-likeness (QED) is 0.395. The van der Waals surface area contributed by atoms with Gasteiger partial charge in [0.2, 0.25) is 5.88 Å². The average molecular weight is 500 g/mol.